The van der Waals surface area contributed by atoms with Crippen LogP contribution in [0.2, 0.25) is 0 Å². The molecule has 6 heteroatoms. The van der Waals surface area contributed by atoms with Crippen molar-refractivity contribution in [2.45, 2.75) is 25.9 Å². The maximum atomic E-state index is 13.1. The van der Waals surface area contributed by atoms with E-state index >= 15 is 0 Å². The Bertz CT molecular complexity index is 1070. The Hall–Kier alpha value is -3.28. The van der Waals surface area contributed by atoms with Crippen LogP contribution in [0.5, 0.6) is 5.75 Å². The number of carboxylic acids is 1. The summed E-state index contributed by atoms with van der Waals surface area (Å²) in [5.41, 5.74) is 3.92. The van der Waals surface area contributed by atoms with Crippen molar-refractivity contribution < 1.29 is 27.8 Å². The number of carbonyl (C=O) groups is 1. The smallest absolute Gasteiger partial charge is 0.416 e. The first-order chi connectivity index (χ1) is 14.2. The molecule has 0 aliphatic heterocycles. The molecule has 0 bridgehead atoms. The van der Waals surface area contributed by atoms with Crippen molar-refractivity contribution in [1.82, 2.24) is 0 Å². The lowest BCUT2D eigenvalue weighted by Gasteiger charge is -2.15. The molecule has 30 heavy (non-hydrogen) atoms. The molecule has 0 saturated carbocycles. The minimum Gasteiger partial charge on any atom is -0.497 e. The standard InChI is InChI=1S/C24H21F3O3/c1-15-12-17(22-10-8-20(30-2)14-18(22)7-11-23(28)29)6-9-21(15)16-4-3-5-19(13-16)24(25,26)27/h3-6,8-10,12-14H,7,11H2,1-2H3,(H,28,29). The number of rotatable bonds is 6. The average Bonchev–Trinajstić information content (AvgIpc) is 2.71. The van der Waals surface area contributed by atoms with Crippen LogP contribution >= 0.6 is 0 Å². The van der Waals surface area contributed by atoms with Gasteiger partial charge >= 0.3 is 12.1 Å². The highest BCUT2D eigenvalue weighted by Gasteiger charge is 2.30. The Labute approximate surface area is 172 Å². The second kappa shape index (κ2) is 8.61. The van der Waals surface area contributed by atoms with Gasteiger partial charge in [0, 0.05) is 6.42 Å². The number of aryl methyl sites for hydroxylation is 2. The SMILES string of the molecule is COc1ccc(-c2ccc(-c3cccc(C(F)(F)F)c3)c(C)c2)c(CCC(=O)O)c1. The number of ether oxygens (including phenoxy) is 1. The summed E-state index contributed by atoms with van der Waals surface area (Å²) in [4.78, 5) is 11.0. The summed E-state index contributed by atoms with van der Waals surface area (Å²) in [5.74, 6) is -0.253. The van der Waals surface area contributed by atoms with Gasteiger partial charge in [-0.25, -0.2) is 0 Å². The fourth-order valence-corrected chi connectivity index (χ4v) is 3.45. The number of hydrogen-bond donors (Lipinski definition) is 1. The third-order valence-electron chi connectivity index (χ3n) is 4.96. The molecule has 3 nitrogen and oxygen atoms in total. The van der Waals surface area contributed by atoms with Crippen molar-refractivity contribution in [3.05, 3.63) is 77.4 Å². The molecular weight excluding hydrogens is 393 g/mol. The van der Waals surface area contributed by atoms with Gasteiger partial charge in [0.25, 0.3) is 0 Å². The Morgan fingerprint density at radius 2 is 1.67 bits per heavy atom. The molecular formula is C24H21F3O3. The van der Waals surface area contributed by atoms with Crippen LogP contribution in [0.4, 0.5) is 13.2 Å². The number of benzene rings is 3. The fraction of sp³-hybridized carbons (Fsp3) is 0.208. The normalized spacial score (nSPS) is 11.4. The highest BCUT2D eigenvalue weighted by atomic mass is 19.4. The van der Waals surface area contributed by atoms with Gasteiger partial charge in [0.1, 0.15) is 5.75 Å². The number of alkyl halides is 3. The maximum Gasteiger partial charge on any atom is 0.416 e. The van der Waals surface area contributed by atoms with E-state index in [4.69, 9.17) is 9.84 Å². The molecule has 1 N–H and O–H groups in total. The van der Waals surface area contributed by atoms with E-state index < -0.39 is 17.7 Å². The summed E-state index contributed by atoms with van der Waals surface area (Å²) in [6, 6.07) is 16.3. The van der Waals surface area contributed by atoms with Gasteiger partial charge in [0.2, 0.25) is 0 Å². The van der Waals surface area contributed by atoms with E-state index in [-0.39, 0.29) is 6.42 Å². The molecule has 0 atom stereocenters. The number of aliphatic carboxylic acids is 1. The zero-order chi connectivity index (χ0) is 21.9. The fourth-order valence-electron chi connectivity index (χ4n) is 3.45. The zero-order valence-corrected chi connectivity index (χ0v) is 16.6. The van der Waals surface area contributed by atoms with Crippen molar-refractivity contribution in [2.24, 2.45) is 0 Å². The van der Waals surface area contributed by atoms with Crippen LogP contribution in [0.15, 0.2) is 60.7 Å². The lowest BCUT2D eigenvalue weighted by Crippen LogP contribution is -2.04. The van der Waals surface area contributed by atoms with Crippen molar-refractivity contribution in [1.29, 1.82) is 0 Å². The van der Waals surface area contributed by atoms with Crippen molar-refractivity contribution in [2.75, 3.05) is 7.11 Å². The number of methoxy groups -OCH3 is 1. The molecule has 0 heterocycles. The molecule has 0 saturated heterocycles. The van der Waals surface area contributed by atoms with Crippen LogP contribution in [-0.4, -0.2) is 18.2 Å². The first kappa shape index (κ1) is 21.4. The van der Waals surface area contributed by atoms with Crippen molar-refractivity contribution in [3.63, 3.8) is 0 Å². The molecule has 156 valence electrons. The monoisotopic (exact) mass is 414 g/mol. The minimum atomic E-state index is -4.40. The first-order valence-corrected chi connectivity index (χ1v) is 9.36. The Morgan fingerprint density at radius 3 is 2.30 bits per heavy atom. The second-order valence-corrected chi connectivity index (χ2v) is 7.03. The van der Waals surface area contributed by atoms with Gasteiger partial charge in [0.05, 0.1) is 12.7 Å². The largest absolute Gasteiger partial charge is 0.497 e. The topological polar surface area (TPSA) is 46.5 Å². The summed E-state index contributed by atoms with van der Waals surface area (Å²) in [7, 11) is 1.55. The van der Waals surface area contributed by atoms with Crippen LogP contribution in [-0.2, 0) is 17.4 Å². The molecule has 0 amide bonds. The summed E-state index contributed by atoms with van der Waals surface area (Å²) < 4.78 is 44.4. The molecule has 3 rings (SSSR count). The van der Waals surface area contributed by atoms with Crippen LogP contribution in [0.25, 0.3) is 22.3 Å². The van der Waals surface area contributed by atoms with E-state index in [9.17, 15) is 18.0 Å². The van der Waals surface area contributed by atoms with E-state index in [1.807, 2.05) is 31.2 Å². The van der Waals surface area contributed by atoms with Gasteiger partial charge < -0.3 is 9.84 Å². The van der Waals surface area contributed by atoms with Crippen LogP contribution < -0.4 is 4.74 Å². The third-order valence-corrected chi connectivity index (χ3v) is 4.96. The van der Waals surface area contributed by atoms with Gasteiger partial charge in [-0.05, 0) is 71.0 Å². The lowest BCUT2D eigenvalue weighted by molar-refractivity contribution is -0.138. The molecule has 0 radical (unpaired) electrons. The molecule has 3 aromatic rings. The quantitative estimate of drug-likeness (QED) is 0.510. The van der Waals surface area contributed by atoms with Crippen LogP contribution in [0, 0.1) is 6.92 Å². The van der Waals surface area contributed by atoms with Crippen LogP contribution in [0.1, 0.15) is 23.1 Å². The Kier molecular flexibility index (Phi) is 6.15. The Morgan fingerprint density at radius 1 is 0.967 bits per heavy atom. The van der Waals surface area contributed by atoms with E-state index in [1.54, 1.807) is 25.3 Å². The Balaban J connectivity index is 2.01. The molecule has 0 aliphatic carbocycles. The van der Waals surface area contributed by atoms with Crippen molar-refractivity contribution >= 4 is 5.97 Å². The van der Waals surface area contributed by atoms with E-state index in [0.717, 1.165) is 34.4 Å². The average molecular weight is 414 g/mol. The molecule has 3 aromatic carbocycles. The van der Waals surface area contributed by atoms with E-state index in [2.05, 4.69) is 0 Å². The predicted molar refractivity (Wildman–Crippen MR) is 110 cm³/mol. The summed E-state index contributed by atoms with van der Waals surface area (Å²) >= 11 is 0. The van der Waals surface area contributed by atoms with E-state index in [1.165, 1.54) is 6.07 Å². The molecule has 0 fully saturated rings. The highest BCUT2D eigenvalue weighted by molar-refractivity contribution is 5.76. The van der Waals surface area contributed by atoms with E-state index in [0.29, 0.717) is 23.3 Å². The van der Waals surface area contributed by atoms with Gasteiger partial charge in [-0.1, -0.05) is 36.4 Å². The summed E-state index contributed by atoms with van der Waals surface area (Å²) in [6.07, 6.45) is -4.07. The summed E-state index contributed by atoms with van der Waals surface area (Å²) in [5, 5.41) is 9.04. The van der Waals surface area contributed by atoms with Crippen molar-refractivity contribution in [3.8, 4) is 28.0 Å². The van der Waals surface area contributed by atoms with Gasteiger partial charge in [-0.2, -0.15) is 13.2 Å². The molecule has 0 unspecified atom stereocenters. The molecule has 0 aliphatic rings. The lowest BCUT2D eigenvalue weighted by atomic mass is 9.92. The second-order valence-electron chi connectivity index (χ2n) is 7.03. The molecule has 0 spiro atoms. The van der Waals surface area contributed by atoms with Crippen LogP contribution in [0.3, 0.4) is 0 Å². The highest BCUT2D eigenvalue weighted by Crippen LogP contribution is 2.35. The van der Waals surface area contributed by atoms with Gasteiger partial charge in [-0.3, -0.25) is 4.79 Å². The number of carboxylic acid groups (broad SMARTS) is 1. The van der Waals surface area contributed by atoms with Gasteiger partial charge in [-0.15, -0.1) is 0 Å². The minimum absolute atomic E-state index is 0.0124. The number of hydrogen-bond acceptors (Lipinski definition) is 2. The predicted octanol–water partition coefficient (Wildman–Crippen LogP) is 6.37. The molecule has 0 aromatic heterocycles. The summed E-state index contributed by atoms with van der Waals surface area (Å²) in [6.45, 7) is 1.85. The maximum absolute atomic E-state index is 13.1. The number of halogens is 3. The third kappa shape index (κ3) is 4.82. The van der Waals surface area contributed by atoms with Gasteiger partial charge in [0.15, 0.2) is 0 Å². The zero-order valence-electron chi connectivity index (χ0n) is 16.6. The first-order valence-electron chi connectivity index (χ1n) is 9.36.